The van der Waals surface area contributed by atoms with Gasteiger partial charge in [-0.05, 0) is 74.1 Å². The van der Waals surface area contributed by atoms with Gasteiger partial charge in [0.05, 0.1) is 20.1 Å². The summed E-state index contributed by atoms with van der Waals surface area (Å²) in [5.74, 6) is -3.29. The standard InChI is InChI=1S/C35H41BrF2N5O9P.C7H8/c1-20-6-10-23(18-25(20)36)33(48)40-14-4-3-5-26(32(39)47)43-34(49)27(15-21-7-11-24(12-8-21)35(37,38)53(50)51)42-31(46)19-41-30(45)17-22-9-13-28(44)29(16-22)52-2;1-7-5-3-2-4-6-7/h6-13,16,18,26-27,44,50-51H,3-5,14-15,17,19H2,1-2H3,(H2,39,47)(H,40,48)(H,41,45)(H,42,46)(H,43,49);2-6H,1H3. The fourth-order valence-corrected chi connectivity index (χ4v) is 6.27. The first-order chi connectivity index (χ1) is 28.4. The zero-order valence-electron chi connectivity index (χ0n) is 33.2. The van der Waals surface area contributed by atoms with Crippen LogP contribution in [0.25, 0.3) is 0 Å². The molecule has 2 unspecified atom stereocenters. The smallest absolute Gasteiger partial charge is 0.339 e. The first-order valence-corrected chi connectivity index (χ1v) is 20.7. The number of aryl methyl sites for hydroxylation is 2. The predicted octanol–water partition coefficient (Wildman–Crippen LogP) is 4.77. The quantitative estimate of drug-likeness (QED) is 0.0478. The number of phenolic OH excluding ortho intramolecular Hbond substituents is 1. The molecule has 0 bridgehead atoms. The van der Waals surface area contributed by atoms with Crippen molar-refractivity contribution in [2.75, 3.05) is 20.2 Å². The van der Waals surface area contributed by atoms with Gasteiger partial charge in [0.1, 0.15) is 12.1 Å². The summed E-state index contributed by atoms with van der Waals surface area (Å²) in [6, 6.07) is 21.6. The fraction of sp³-hybridized carbons (Fsp3) is 0.310. The van der Waals surface area contributed by atoms with Crippen molar-refractivity contribution < 1.29 is 52.4 Å². The Kier molecular flexibility index (Phi) is 19.5. The Bertz CT molecular complexity index is 2080. The first kappa shape index (κ1) is 48.9. The normalized spacial score (nSPS) is 11.9. The molecule has 2 atom stereocenters. The molecule has 9 N–H and O–H groups in total. The highest BCUT2D eigenvalue weighted by Crippen LogP contribution is 2.52. The molecule has 0 heterocycles. The maximum atomic E-state index is 14.1. The van der Waals surface area contributed by atoms with Crippen molar-refractivity contribution in [3.8, 4) is 11.5 Å². The minimum atomic E-state index is -3.91. The van der Waals surface area contributed by atoms with E-state index in [2.05, 4.69) is 56.3 Å². The molecule has 0 aromatic heterocycles. The zero-order valence-corrected chi connectivity index (χ0v) is 35.7. The lowest BCUT2D eigenvalue weighted by atomic mass is 10.0. The minimum absolute atomic E-state index is 0.0981. The van der Waals surface area contributed by atoms with E-state index in [1.807, 2.05) is 25.1 Å². The Balaban J connectivity index is 0.00000124. The number of amides is 5. The Morgan fingerprint density at radius 1 is 0.833 bits per heavy atom. The summed E-state index contributed by atoms with van der Waals surface area (Å²) in [6.45, 7) is 3.70. The van der Waals surface area contributed by atoms with Crippen LogP contribution in [0.4, 0.5) is 8.78 Å². The lowest BCUT2D eigenvalue weighted by molar-refractivity contribution is -0.131. The van der Waals surface area contributed by atoms with Gasteiger partial charge in [-0.25, -0.2) is 0 Å². The van der Waals surface area contributed by atoms with Crippen LogP contribution in [-0.4, -0.2) is 76.7 Å². The van der Waals surface area contributed by atoms with Crippen molar-refractivity contribution >= 4 is 53.8 Å². The number of nitrogens with one attached hydrogen (secondary N) is 4. The highest BCUT2D eigenvalue weighted by Gasteiger charge is 2.40. The molecule has 14 nitrogen and oxygen atoms in total. The van der Waals surface area contributed by atoms with E-state index in [0.717, 1.165) is 22.2 Å². The predicted molar refractivity (Wildman–Crippen MR) is 226 cm³/mol. The van der Waals surface area contributed by atoms with Crippen molar-refractivity contribution in [1.82, 2.24) is 21.3 Å². The Morgan fingerprint density at radius 3 is 2.08 bits per heavy atom. The van der Waals surface area contributed by atoms with E-state index in [1.54, 1.807) is 18.2 Å². The molecule has 0 fully saturated rings. The van der Waals surface area contributed by atoms with Crippen molar-refractivity contribution in [3.63, 3.8) is 0 Å². The van der Waals surface area contributed by atoms with E-state index in [9.17, 15) is 37.9 Å². The molecule has 18 heteroatoms. The number of benzene rings is 4. The van der Waals surface area contributed by atoms with Crippen molar-refractivity contribution in [2.24, 2.45) is 5.73 Å². The van der Waals surface area contributed by atoms with E-state index in [1.165, 1.54) is 43.0 Å². The Morgan fingerprint density at radius 2 is 1.50 bits per heavy atom. The molecule has 4 aromatic carbocycles. The average molecular weight is 917 g/mol. The van der Waals surface area contributed by atoms with Crippen LogP contribution in [0.3, 0.4) is 0 Å². The van der Waals surface area contributed by atoms with Gasteiger partial charge in [-0.1, -0.05) is 88.2 Å². The maximum Gasteiger partial charge on any atom is 0.339 e. The number of carbonyl (C=O) groups is 5. The van der Waals surface area contributed by atoms with Crippen LogP contribution in [0.5, 0.6) is 11.5 Å². The first-order valence-electron chi connectivity index (χ1n) is 18.6. The average Bonchev–Trinajstić information content (AvgIpc) is 3.21. The third kappa shape index (κ3) is 15.9. The number of primary amides is 1. The number of methoxy groups -OCH3 is 1. The molecule has 0 saturated heterocycles. The number of ether oxygens (including phenoxy) is 1. The summed E-state index contributed by atoms with van der Waals surface area (Å²) in [7, 11) is -2.26. The maximum absolute atomic E-state index is 14.1. The largest absolute Gasteiger partial charge is 0.504 e. The number of nitrogens with two attached hydrogens (primary N) is 1. The summed E-state index contributed by atoms with van der Waals surface area (Å²) in [4.78, 5) is 81.9. The number of phenols is 1. The Hall–Kier alpha value is -5.48. The second kappa shape index (κ2) is 23.9. The monoisotopic (exact) mass is 915 g/mol. The van der Waals surface area contributed by atoms with Gasteiger partial charge in [-0.3, -0.25) is 24.0 Å². The van der Waals surface area contributed by atoms with Crippen LogP contribution in [0.15, 0.2) is 95.5 Å². The van der Waals surface area contributed by atoms with Crippen LogP contribution in [0.1, 0.15) is 57.4 Å². The zero-order chi connectivity index (χ0) is 44.4. The van der Waals surface area contributed by atoms with Gasteiger partial charge in [0.2, 0.25) is 32.0 Å². The number of rotatable bonds is 19. The van der Waals surface area contributed by atoms with Gasteiger partial charge >= 0.3 is 5.66 Å². The molecule has 0 radical (unpaired) electrons. The van der Waals surface area contributed by atoms with Crippen molar-refractivity contribution in [2.45, 2.75) is 63.7 Å². The summed E-state index contributed by atoms with van der Waals surface area (Å²) >= 11 is 3.39. The van der Waals surface area contributed by atoms with Gasteiger partial charge < -0.3 is 46.6 Å². The molecular formula is C42H49BrF2N5O9P. The lowest BCUT2D eigenvalue weighted by Gasteiger charge is -2.23. The topological polar surface area (TPSA) is 229 Å². The molecular weight excluding hydrogens is 867 g/mol. The van der Waals surface area contributed by atoms with Gasteiger partial charge in [-0.15, -0.1) is 0 Å². The number of hydrogen-bond acceptors (Lipinski definition) is 9. The minimum Gasteiger partial charge on any atom is -0.504 e. The van der Waals surface area contributed by atoms with Crippen LogP contribution in [0.2, 0.25) is 0 Å². The summed E-state index contributed by atoms with van der Waals surface area (Å²) in [5, 5.41) is 20.0. The molecule has 0 aliphatic carbocycles. The number of hydrogen-bond donors (Lipinski definition) is 8. The van der Waals surface area contributed by atoms with Gasteiger partial charge in [0.25, 0.3) is 5.91 Å². The van der Waals surface area contributed by atoms with Crippen LogP contribution >= 0.6 is 24.3 Å². The number of unbranched alkanes of at least 4 members (excludes halogenated alkanes) is 1. The van der Waals surface area contributed by atoms with Gasteiger partial charge in [-0.2, -0.15) is 8.78 Å². The van der Waals surface area contributed by atoms with Gasteiger partial charge in [0.15, 0.2) is 11.5 Å². The molecule has 0 aliphatic rings. The van der Waals surface area contributed by atoms with Crippen molar-refractivity contribution in [1.29, 1.82) is 0 Å². The Labute approximate surface area is 356 Å². The third-order valence-corrected chi connectivity index (χ3v) is 10.6. The summed E-state index contributed by atoms with van der Waals surface area (Å²) in [5.41, 5.74) is 4.52. The third-order valence-electron chi connectivity index (χ3n) is 8.94. The highest BCUT2D eigenvalue weighted by atomic mass is 79.9. The second-order valence-electron chi connectivity index (χ2n) is 13.6. The number of aromatic hydroxyl groups is 1. The molecule has 4 rings (SSSR count). The molecule has 0 saturated carbocycles. The lowest BCUT2D eigenvalue weighted by Crippen LogP contribution is -2.54. The van der Waals surface area contributed by atoms with E-state index in [-0.39, 0.29) is 43.2 Å². The van der Waals surface area contributed by atoms with Crippen molar-refractivity contribution in [3.05, 3.63) is 129 Å². The van der Waals surface area contributed by atoms with Crippen LogP contribution in [-0.2, 0) is 37.7 Å². The molecule has 0 aliphatic heterocycles. The molecule has 60 heavy (non-hydrogen) atoms. The van der Waals surface area contributed by atoms with E-state index in [0.29, 0.717) is 29.5 Å². The van der Waals surface area contributed by atoms with Crippen LogP contribution < -0.4 is 31.7 Å². The number of carbonyl (C=O) groups excluding carboxylic acids is 5. The molecule has 4 aromatic rings. The highest BCUT2D eigenvalue weighted by molar-refractivity contribution is 9.10. The number of halogens is 3. The fourth-order valence-electron chi connectivity index (χ4n) is 5.51. The van der Waals surface area contributed by atoms with E-state index >= 15 is 0 Å². The molecule has 0 spiro atoms. The second-order valence-corrected chi connectivity index (χ2v) is 15.6. The SMILES string of the molecule is COc1cc(CC(=O)NCC(=O)NC(Cc2ccc(C(F)(F)P(O)O)cc2)C(=O)NC(CCCCNC(=O)c2ccc(C)c(Br)c2)C(N)=O)ccc1O.Cc1ccccc1. The van der Waals surface area contributed by atoms with Crippen LogP contribution in [0, 0.1) is 13.8 Å². The van der Waals surface area contributed by atoms with Gasteiger partial charge in [0, 0.05) is 28.6 Å². The van der Waals surface area contributed by atoms with E-state index in [4.69, 9.17) is 20.3 Å². The summed E-state index contributed by atoms with van der Waals surface area (Å²) < 4.78 is 34.1. The number of alkyl halides is 2. The summed E-state index contributed by atoms with van der Waals surface area (Å²) in [6.07, 6.45) is 0.499. The van der Waals surface area contributed by atoms with E-state index < -0.39 is 61.9 Å². The molecule has 5 amide bonds. The molecule has 322 valence electrons.